The van der Waals surface area contributed by atoms with Crippen LogP contribution in [0.1, 0.15) is 143 Å². The predicted octanol–water partition coefficient (Wildman–Crippen LogP) is 8.88. The molecule has 0 heterocycles. The molecule has 0 aliphatic heterocycles. The van der Waals surface area contributed by atoms with E-state index in [-0.39, 0.29) is 5.78 Å². The van der Waals surface area contributed by atoms with Gasteiger partial charge >= 0.3 is 50.5 Å². The van der Waals surface area contributed by atoms with Crippen molar-refractivity contribution in [2.75, 3.05) is 0 Å². The Kier molecular flexibility index (Phi) is 45.2. The van der Waals surface area contributed by atoms with E-state index < -0.39 is 0 Å². The molecular formula is C30H56I3O2-. The van der Waals surface area contributed by atoms with Gasteiger partial charge in [0.2, 0.25) is 0 Å². The van der Waals surface area contributed by atoms with Crippen molar-refractivity contribution in [3.05, 3.63) is 35.9 Å². The summed E-state index contributed by atoms with van der Waals surface area (Å²) in [5, 5.41) is 0. The normalized spacial score (nSPS) is 14.5. The molecule has 2 nitrogen and oxygen atoms in total. The second kappa shape index (κ2) is 36.9. The number of ketones is 2. The first-order valence-electron chi connectivity index (χ1n) is 13.9. The molecule has 0 spiro atoms. The maximum atomic E-state index is 10.8. The number of hydrogen-bond acceptors (Lipinski definition) is 2. The van der Waals surface area contributed by atoms with Gasteiger partial charge in [0, 0.05) is 11.5 Å². The summed E-state index contributed by atoms with van der Waals surface area (Å²) in [6, 6.07) is 9.23. The second-order valence-corrected chi connectivity index (χ2v) is 24.1. The van der Waals surface area contributed by atoms with Crippen molar-refractivity contribution in [1.82, 2.24) is 0 Å². The summed E-state index contributed by atoms with van der Waals surface area (Å²) in [6.07, 6.45) is 15.1. The molecule has 1 aromatic rings. The van der Waals surface area contributed by atoms with Gasteiger partial charge in [0.25, 0.3) is 0 Å². The van der Waals surface area contributed by atoms with E-state index in [2.05, 4.69) is 44.2 Å². The van der Waals surface area contributed by atoms with Gasteiger partial charge in [0.05, 0.1) is 0 Å². The SMILES string of the molecule is CC.CC.CC.CC(=O)C1CCCCC1.CC(=O)c1ccccc1.CCC1CCCCC1.I[I-]I. The molecule has 2 aliphatic carbocycles. The Balaban J connectivity index is -0.000000177. The zero-order valence-corrected chi connectivity index (χ0v) is 30.7. The van der Waals surface area contributed by atoms with Crippen LogP contribution in [-0.2, 0) is 4.79 Å². The Labute approximate surface area is 250 Å². The predicted molar refractivity (Wildman–Crippen MR) is 173 cm³/mol. The van der Waals surface area contributed by atoms with Crippen LogP contribution in [0.15, 0.2) is 30.3 Å². The van der Waals surface area contributed by atoms with Gasteiger partial charge in [0.1, 0.15) is 5.78 Å². The first-order chi connectivity index (χ1) is 17.0. The van der Waals surface area contributed by atoms with Crippen LogP contribution < -0.4 is 13.3 Å². The van der Waals surface area contributed by atoms with E-state index in [1.165, 1.54) is 57.8 Å². The van der Waals surface area contributed by atoms with Crippen molar-refractivity contribution < 1.29 is 22.8 Å². The first-order valence-corrected chi connectivity index (χ1v) is 26.5. The van der Waals surface area contributed by atoms with Gasteiger partial charge in [-0.25, -0.2) is 0 Å². The van der Waals surface area contributed by atoms with Crippen molar-refractivity contribution in [3.8, 4) is 0 Å². The molecule has 2 saturated carbocycles. The Hall–Kier alpha value is 0.750. The zero-order chi connectivity index (χ0) is 27.9. The average molecular weight is 829 g/mol. The molecule has 0 saturated heterocycles. The number of hydrogen-bond donors (Lipinski definition) is 0. The summed E-state index contributed by atoms with van der Waals surface area (Å²) >= 11 is 5.30. The molecule has 210 valence electrons. The standard InChI is InChI=1S/C8H14O.C8H8O.C8H16.3C2H6.I3/c2*1-7(9)8-5-3-2-4-6-8;1-2-8-6-4-3-5-7-8;3*1-2;1-3-2/h8H,2-6H2,1H3;2-6H,1H3;8H,2-7H2,1H3;3*1-2H3;/q;;;;;;-1. The van der Waals surface area contributed by atoms with E-state index in [1.54, 1.807) is 13.8 Å². The van der Waals surface area contributed by atoms with Crippen molar-refractivity contribution >= 4 is 48.8 Å². The summed E-state index contributed by atoms with van der Waals surface area (Å²) in [5.41, 5.74) is 0.775. The fourth-order valence-electron chi connectivity index (χ4n) is 3.78. The molecular weight excluding hydrogens is 773 g/mol. The van der Waals surface area contributed by atoms with E-state index in [0.717, 1.165) is 24.3 Å². The molecule has 0 N–H and O–H groups in total. The van der Waals surface area contributed by atoms with E-state index >= 15 is 0 Å². The van der Waals surface area contributed by atoms with E-state index in [4.69, 9.17) is 0 Å². The number of benzene rings is 1. The molecule has 0 unspecified atom stereocenters. The maximum absolute atomic E-state index is 10.8. The van der Waals surface area contributed by atoms with Gasteiger partial charge in [-0.1, -0.05) is 137 Å². The molecule has 2 fully saturated rings. The monoisotopic (exact) mass is 829 g/mol. The van der Waals surface area contributed by atoms with Crippen molar-refractivity contribution in [3.63, 3.8) is 0 Å². The third-order valence-corrected chi connectivity index (χ3v) is 5.66. The average Bonchev–Trinajstić information content (AvgIpc) is 2.94. The van der Waals surface area contributed by atoms with Crippen LogP contribution in [0.4, 0.5) is 0 Å². The van der Waals surface area contributed by atoms with Crippen LogP contribution in [0.3, 0.4) is 0 Å². The van der Waals surface area contributed by atoms with Crippen LogP contribution in [-0.4, -0.2) is 11.6 Å². The van der Waals surface area contributed by atoms with Crippen LogP contribution >= 0.6 is 37.2 Å². The number of halogens is 3. The van der Waals surface area contributed by atoms with E-state index in [0.29, 0.717) is 25.0 Å². The van der Waals surface area contributed by atoms with Crippen LogP contribution in [0.5, 0.6) is 0 Å². The Morgan fingerprint density at radius 2 is 1.11 bits per heavy atom. The molecule has 0 bridgehead atoms. The number of Topliss-reactive ketones (excluding diaryl/α,β-unsaturated/α-hetero) is 2. The topological polar surface area (TPSA) is 34.1 Å². The van der Waals surface area contributed by atoms with Crippen LogP contribution in [0.2, 0.25) is 0 Å². The number of carbonyl (C=O) groups is 2. The zero-order valence-electron chi connectivity index (χ0n) is 24.3. The van der Waals surface area contributed by atoms with Gasteiger partial charge in [-0.15, -0.1) is 0 Å². The summed E-state index contributed by atoms with van der Waals surface area (Å²) < 4.78 is 0. The molecule has 2 aliphatic rings. The Morgan fingerprint density at radius 1 is 0.743 bits per heavy atom. The molecule has 3 rings (SSSR count). The molecule has 1 aromatic carbocycles. The quantitative estimate of drug-likeness (QED) is 0.226. The second-order valence-electron chi connectivity index (χ2n) is 7.83. The van der Waals surface area contributed by atoms with Gasteiger partial charge in [-0.05, 0) is 32.6 Å². The summed E-state index contributed by atoms with van der Waals surface area (Å²) in [4.78, 5) is 21.4. The first kappa shape index (κ1) is 42.8. The number of rotatable bonds is 3. The molecule has 0 atom stereocenters. The van der Waals surface area contributed by atoms with E-state index in [1.807, 2.05) is 71.9 Å². The summed E-state index contributed by atoms with van der Waals surface area (Å²) in [7, 11) is 0. The van der Waals surface area contributed by atoms with Crippen molar-refractivity contribution in [2.45, 2.75) is 133 Å². The molecule has 0 radical (unpaired) electrons. The van der Waals surface area contributed by atoms with Crippen molar-refractivity contribution in [2.24, 2.45) is 11.8 Å². The van der Waals surface area contributed by atoms with Crippen LogP contribution in [0, 0.1) is 11.8 Å². The summed E-state index contributed by atoms with van der Waals surface area (Å²) in [6.45, 7) is 17.6. The van der Waals surface area contributed by atoms with Gasteiger partial charge in [-0.2, -0.15) is 0 Å². The van der Waals surface area contributed by atoms with Gasteiger partial charge < -0.3 is 0 Å². The fraction of sp³-hybridized carbons (Fsp3) is 0.733. The Bertz CT molecular complexity index is 524. The van der Waals surface area contributed by atoms with Gasteiger partial charge in [0.15, 0.2) is 5.78 Å². The third-order valence-electron chi connectivity index (χ3n) is 5.66. The minimum atomic E-state index is 0.121. The van der Waals surface area contributed by atoms with Crippen molar-refractivity contribution in [1.29, 1.82) is 0 Å². The van der Waals surface area contributed by atoms with E-state index in [9.17, 15) is 9.59 Å². The van der Waals surface area contributed by atoms with Gasteiger partial charge in [-0.3, -0.25) is 9.59 Å². The Morgan fingerprint density at radius 3 is 1.34 bits per heavy atom. The molecule has 35 heavy (non-hydrogen) atoms. The molecule has 5 heteroatoms. The fourth-order valence-corrected chi connectivity index (χ4v) is 3.78. The molecule has 0 aromatic heterocycles. The minimum absolute atomic E-state index is 0.121. The summed E-state index contributed by atoms with van der Waals surface area (Å²) in [5.74, 6) is 2.02. The third kappa shape index (κ3) is 30.9. The van der Waals surface area contributed by atoms with Crippen LogP contribution in [0.25, 0.3) is 0 Å². The molecule has 0 amide bonds. The number of carbonyl (C=O) groups excluding carboxylic acids is 2.